The number of carbonyl (C=O) groups excluding carboxylic acids is 1. The lowest BCUT2D eigenvalue weighted by molar-refractivity contribution is -0.133. The summed E-state index contributed by atoms with van der Waals surface area (Å²) < 4.78 is 6.55. The van der Waals surface area contributed by atoms with Gasteiger partial charge in [-0.15, -0.1) is 0 Å². The lowest BCUT2D eigenvalue weighted by Crippen LogP contribution is -2.36. The minimum Gasteiger partial charge on any atom is -0.339 e. The van der Waals surface area contributed by atoms with Gasteiger partial charge in [-0.3, -0.25) is 9.59 Å². The van der Waals surface area contributed by atoms with E-state index in [9.17, 15) is 9.59 Å². The van der Waals surface area contributed by atoms with Crippen molar-refractivity contribution in [1.29, 1.82) is 0 Å². The van der Waals surface area contributed by atoms with Crippen molar-refractivity contribution in [3.05, 3.63) is 46.5 Å². The minimum absolute atomic E-state index is 0.0364. The molecule has 0 bridgehead atoms. The number of pyridine rings is 1. The Labute approximate surface area is 127 Å². The van der Waals surface area contributed by atoms with E-state index < -0.39 is 0 Å². The van der Waals surface area contributed by atoms with Crippen LogP contribution in [0, 0.1) is 0 Å². The average molecular weight is 302 g/mol. The van der Waals surface area contributed by atoms with Crippen LogP contribution >= 0.6 is 0 Å². The van der Waals surface area contributed by atoms with Gasteiger partial charge in [0.05, 0.1) is 6.04 Å². The number of aryl methyl sites for hydroxylation is 1. The SMILES string of the molecule is CCc1nc([C@@H]2CCCN2C(=O)Cn2ccccc2=O)no1. The molecule has 0 aliphatic carbocycles. The van der Waals surface area contributed by atoms with Crippen molar-refractivity contribution in [2.24, 2.45) is 0 Å². The van der Waals surface area contributed by atoms with Crippen LogP contribution in [0.1, 0.15) is 37.5 Å². The molecule has 7 nitrogen and oxygen atoms in total. The largest absolute Gasteiger partial charge is 0.339 e. The van der Waals surface area contributed by atoms with Crippen molar-refractivity contribution in [2.75, 3.05) is 6.54 Å². The molecule has 0 radical (unpaired) electrons. The van der Waals surface area contributed by atoms with Crippen LogP contribution in [0.4, 0.5) is 0 Å². The lowest BCUT2D eigenvalue weighted by Gasteiger charge is -2.22. The maximum Gasteiger partial charge on any atom is 0.250 e. The molecule has 3 heterocycles. The molecule has 0 saturated carbocycles. The first-order valence-electron chi connectivity index (χ1n) is 7.46. The van der Waals surface area contributed by atoms with Crippen LogP contribution in [-0.2, 0) is 17.8 Å². The fraction of sp³-hybridized carbons (Fsp3) is 0.467. The highest BCUT2D eigenvalue weighted by atomic mass is 16.5. The van der Waals surface area contributed by atoms with Gasteiger partial charge in [0.1, 0.15) is 6.54 Å². The molecule has 3 rings (SSSR count). The highest BCUT2D eigenvalue weighted by Crippen LogP contribution is 2.30. The van der Waals surface area contributed by atoms with E-state index in [2.05, 4.69) is 10.1 Å². The van der Waals surface area contributed by atoms with Gasteiger partial charge in [-0.05, 0) is 18.9 Å². The van der Waals surface area contributed by atoms with Gasteiger partial charge in [0.15, 0.2) is 5.82 Å². The summed E-state index contributed by atoms with van der Waals surface area (Å²) in [6.45, 7) is 2.63. The van der Waals surface area contributed by atoms with Crippen LogP contribution in [0.5, 0.6) is 0 Å². The summed E-state index contributed by atoms with van der Waals surface area (Å²) in [7, 11) is 0. The third kappa shape index (κ3) is 2.79. The summed E-state index contributed by atoms with van der Waals surface area (Å²) in [4.78, 5) is 30.3. The molecular weight excluding hydrogens is 284 g/mol. The molecule has 2 aromatic rings. The fourth-order valence-corrected chi connectivity index (χ4v) is 2.71. The van der Waals surface area contributed by atoms with Crippen molar-refractivity contribution in [3.63, 3.8) is 0 Å². The molecular formula is C15H18N4O3. The van der Waals surface area contributed by atoms with Crippen molar-refractivity contribution in [2.45, 2.75) is 38.8 Å². The van der Waals surface area contributed by atoms with Gasteiger partial charge in [0.2, 0.25) is 11.8 Å². The van der Waals surface area contributed by atoms with Gasteiger partial charge in [-0.2, -0.15) is 4.98 Å². The second-order valence-corrected chi connectivity index (χ2v) is 5.31. The normalized spacial score (nSPS) is 17.9. The Kier molecular flexibility index (Phi) is 4.04. The Bertz CT molecular complexity index is 721. The first-order chi connectivity index (χ1) is 10.7. The Balaban J connectivity index is 1.76. The monoisotopic (exact) mass is 302 g/mol. The molecule has 2 aromatic heterocycles. The summed E-state index contributed by atoms with van der Waals surface area (Å²) in [6, 6.07) is 4.69. The summed E-state index contributed by atoms with van der Waals surface area (Å²) in [6.07, 6.45) is 4.01. The number of hydrogen-bond donors (Lipinski definition) is 0. The smallest absolute Gasteiger partial charge is 0.250 e. The van der Waals surface area contributed by atoms with E-state index in [0.717, 1.165) is 12.8 Å². The Morgan fingerprint density at radius 3 is 3.05 bits per heavy atom. The maximum absolute atomic E-state index is 12.5. The Hall–Kier alpha value is -2.44. The maximum atomic E-state index is 12.5. The molecule has 1 saturated heterocycles. The van der Waals surface area contributed by atoms with Gasteiger partial charge >= 0.3 is 0 Å². The molecule has 1 aliphatic heterocycles. The van der Waals surface area contributed by atoms with E-state index in [-0.39, 0.29) is 24.1 Å². The van der Waals surface area contributed by atoms with Crippen molar-refractivity contribution in [3.8, 4) is 0 Å². The highest BCUT2D eigenvalue weighted by Gasteiger charge is 2.33. The summed E-state index contributed by atoms with van der Waals surface area (Å²) >= 11 is 0. The zero-order chi connectivity index (χ0) is 15.5. The molecule has 1 aliphatic rings. The van der Waals surface area contributed by atoms with E-state index in [1.165, 1.54) is 10.6 Å². The first-order valence-corrected chi connectivity index (χ1v) is 7.46. The lowest BCUT2D eigenvalue weighted by atomic mass is 10.2. The van der Waals surface area contributed by atoms with Gasteiger partial charge in [-0.1, -0.05) is 18.1 Å². The van der Waals surface area contributed by atoms with Crippen LogP contribution in [0.2, 0.25) is 0 Å². The molecule has 0 spiro atoms. The summed E-state index contributed by atoms with van der Waals surface area (Å²) in [5.74, 6) is 1.04. The molecule has 0 unspecified atom stereocenters. The number of rotatable bonds is 4. The Morgan fingerprint density at radius 1 is 1.45 bits per heavy atom. The van der Waals surface area contributed by atoms with E-state index >= 15 is 0 Å². The number of nitrogens with zero attached hydrogens (tertiary/aromatic N) is 4. The summed E-state index contributed by atoms with van der Waals surface area (Å²) in [5, 5.41) is 3.98. The van der Waals surface area contributed by atoms with E-state index in [1.807, 2.05) is 6.92 Å². The van der Waals surface area contributed by atoms with Crippen LogP contribution in [0.15, 0.2) is 33.7 Å². The van der Waals surface area contributed by atoms with Crippen molar-refractivity contribution in [1.82, 2.24) is 19.6 Å². The second-order valence-electron chi connectivity index (χ2n) is 5.31. The predicted octanol–water partition coefficient (Wildman–Crippen LogP) is 1.16. The number of hydrogen-bond acceptors (Lipinski definition) is 5. The quantitative estimate of drug-likeness (QED) is 0.846. The molecule has 0 aromatic carbocycles. The zero-order valence-electron chi connectivity index (χ0n) is 12.4. The topological polar surface area (TPSA) is 81.2 Å². The van der Waals surface area contributed by atoms with Crippen LogP contribution in [0.3, 0.4) is 0 Å². The number of carbonyl (C=O) groups is 1. The average Bonchev–Trinajstić information content (AvgIpc) is 3.17. The number of amides is 1. The molecule has 1 amide bonds. The van der Waals surface area contributed by atoms with Gasteiger partial charge in [0, 0.05) is 25.2 Å². The molecule has 1 atom stereocenters. The summed E-state index contributed by atoms with van der Waals surface area (Å²) in [5.41, 5.74) is -0.181. The fourth-order valence-electron chi connectivity index (χ4n) is 2.71. The highest BCUT2D eigenvalue weighted by molar-refractivity contribution is 5.76. The predicted molar refractivity (Wildman–Crippen MR) is 78.1 cm³/mol. The third-order valence-electron chi connectivity index (χ3n) is 3.86. The van der Waals surface area contributed by atoms with Crippen LogP contribution in [0.25, 0.3) is 0 Å². The molecule has 22 heavy (non-hydrogen) atoms. The molecule has 116 valence electrons. The third-order valence-corrected chi connectivity index (χ3v) is 3.86. The van der Waals surface area contributed by atoms with Crippen molar-refractivity contribution < 1.29 is 9.32 Å². The molecule has 0 N–H and O–H groups in total. The second kappa shape index (κ2) is 6.13. The Morgan fingerprint density at radius 2 is 2.32 bits per heavy atom. The number of likely N-dealkylation sites (tertiary alicyclic amines) is 1. The van der Waals surface area contributed by atoms with E-state index in [4.69, 9.17) is 4.52 Å². The van der Waals surface area contributed by atoms with Gasteiger partial charge in [0.25, 0.3) is 5.56 Å². The van der Waals surface area contributed by atoms with Crippen molar-refractivity contribution >= 4 is 5.91 Å². The van der Waals surface area contributed by atoms with Crippen LogP contribution in [-0.4, -0.2) is 32.1 Å². The molecule has 1 fully saturated rings. The molecule has 7 heteroatoms. The van der Waals surface area contributed by atoms with E-state index in [1.54, 1.807) is 23.2 Å². The van der Waals surface area contributed by atoms with Gasteiger partial charge in [-0.25, -0.2) is 0 Å². The number of aromatic nitrogens is 3. The first kappa shape index (κ1) is 14.5. The zero-order valence-corrected chi connectivity index (χ0v) is 12.4. The standard InChI is InChI=1S/C15H18N4O3/c1-2-12-16-15(17-22-12)11-6-5-9-19(11)14(21)10-18-8-4-3-7-13(18)20/h3-4,7-8,11H,2,5-6,9-10H2,1H3/t11-/m0/s1. The minimum atomic E-state index is -0.181. The van der Waals surface area contributed by atoms with E-state index in [0.29, 0.717) is 24.7 Å². The van der Waals surface area contributed by atoms with Crippen LogP contribution < -0.4 is 5.56 Å². The van der Waals surface area contributed by atoms with Gasteiger partial charge < -0.3 is 14.0 Å².